The minimum Gasteiger partial charge on any atom is -0.463 e. The zero-order valence-electron chi connectivity index (χ0n) is 12.7. The van der Waals surface area contributed by atoms with Crippen molar-refractivity contribution >= 4 is 16.1 Å². The number of furan rings is 1. The molecule has 0 saturated carbocycles. The first-order valence-electron chi connectivity index (χ1n) is 7.21. The van der Waals surface area contributed by atoms with Crippen molar-refractivity contribution in [2.75, 3.05) is 0 Å². The zero-order chi connectivity index (χ0) is 16.8. The number of rotatable bonds is 6. The van der Waals surface area contributed by atoms with Gasteiger partial charge in [-0.1, -0.05) is 30.3 Å². The lowest BCUT2D eigenvalue weighted by molar-refractivity contribution is 0.576. The van der Waals surface area contributed by atoms with Gasteiger partial charge in [0.05, 0.1) is 18.5 Å². The van der Waals surface area contributed by atoms with Crippen LogP contribution in [0.4, 0.5) is 0 Å². The summed E-state index contributed by atoms with van der Waals surface area (Å²) in [6, 6.07) is 12.7. The van der Waals surface area contributed by atoms with E-state index >= 15 is 0 Å². The fraction of sp³-hybridized carbons (Fsp3) is 0.0588. The molecule has 3 rings (SSSR count). The fourth-order valence-electron chi connectivity index (χ4n) is 2.06. The predicted octanol–water partition coefficient (Wildman–Crippen LogP) is 2.83. The average Bonchev–Trinajstić information content (AvgIpc) is 3.14. The summed E-state index contributed by atoms with van der Waals surface area (Å²) >= 11 is 0. The highest BCUT2D eigenvalue weighted by Crippen LogP contribution is 2.19. The summed E-state index contributed by atoms with van der Waals surface area (Å²) in [4.78, 5) is 8.39. The molecule has 0 unspecified atom stereocenters. The molecule has 122 valence electrons. The van der Waals surface area contributed by atoms with Crippen LogP contribution in [0.1, 0.15) is 11.3 Å². The van der Waals surface area contributed by atoms with Crippen molar-refractivity contribution in [1.29, 1.82) is 0 Å². The molecule has 0 bridgehead atoms. The Bertz CT molecular complexity index is 921. The van der Waals surface area contributed by atoms with Gasteiger partial charge in [-0.05, 0) is 23.8 Å². The third kappa shape index (κ3) is 4.15. The van der Waals surface area contributed by atoms with Crippen LogP contribution in [0.2, 0.25) is 0 Å². The molecule has 0 aliphatic rings. The molecule has 0 atom stereocenters. The van der Waals surface area contributed by atoms with Gasteiger partial charge < -0.3 is 4.42 Å². The van der Waals surface area contributed by atoms with Crippen molar-refractivity contribution in [1.82, 2.24) is 14.7 Å². The molecule has 6 nitrogen and oxygen atoms in total. The Morgan fingerprint density at radius 2 is 1.83 bits per heavy atom. The van der Waals surface area contributed by atoms with Crippen LogP contribution in [0, 0.1) is 0 Å². The Morgan fingerprint density at radius 3 is 2.58 bits per heavy atom. The van der Waals surface area contributed by atoms with E-state index in [0.29, 0.717) is 17.1 Å². The normalized spacial score (nSPS) is 11.8. The van der Waals surface area contributed by atoms with Gasteiger partial charge >= 0.3 is 0 Å². The summed E-state index contributed by atoms with van der Waals surface area (Å²) in [7, 11) is -3.59. The summed E-state index contributed by atoms with van der Waals surface area (Å²) in [6.45, 7) is 0.0192. The molecule has 2 heterocycles. The van der Waals surface area contributed by atoms with Crippen LogP contribution in [0.15, 0.2) is 70.9 Å². The highest BCUT2D eigenvalue weighted by atomic mass is 32.2. The van der Waals surface area contributed by atoms with Crippen LogP contribution in [-0.2, 0) is 16.6 Å². The van der Waals surface area contributed by atoms with Crippen molar-refractivity contribution in [2.24, 2.45) is 0 Å². The standard InChI is InChI=1S/C17H15N3O3S/c21-24(22,12-8-14-5-2-1-3-6-14)20-13-15-17(19-10-9-18-15)16-7-4-11-23-16/h1-12,20H,13H2/b12-8+. The fourth-order valence-corrected chi connectivity index (χ4v) is 2.84. The van der Waals surface area contributed by atoms with Crippen LogP contribution in [0.3, 0.4) is 0 Å². The smallest absolute Gasteiger partial charge is 0.234 e. The summed E-state index contributed by atoms with van der Waals surface area (Å²) in [6.07, 6.45) is 6.11. The first-order valence-corrected chi connectivity index (χ1v) is 8.75. The van der Waals surface area contributed by atoms with Crippen molar-refractivity contribution < 1.29 is 12.8 Å². The molecule has 7 heteroatoms. The quantitative estimate of drug-likeness (QED) is 0.745. The number of nitrogens with one attached hydrogen (secondary N) is 1. The minimum atomic E-state index is -3.59. The van der Waals surface area contributed by atoms with E-state index in [0.717, 1.165) is 11.0 Å². The highest BCUT2D eigenvalue weighted by Gasteiger charge is 2.13. The lowest BCUT2D eigenvalue weighted by Crippen LogP contribution is -2.21. The molecule has 0 aliphatic heterocycles. The van der Waals surface area contributed by atoms with E-state index in [-0.39, 0.29) is 6.54 Å². The van der Waals surface area contributed by atoms with E-state index in [1.54, 1.807) is 12.1 Å². The van der Waals surface area contributed by atoms with Crippen LogP contribution >= 0.6 is 0 Å². The maximum atomic E-state index is 12.1. The van der Waals surface area contributed by atoms with Crippen molar-refractivity contribution in [3.8, 4) is 11.5 Å². The zero-order valence-corrected chi connectivity index (χ0v) is 13.5. The highest BCUT2D eigenvalue weighted by molar-refractivity contribution is 7.92. The Kier molecular flexibility index (Phi) is 4.83. The van der Waals surface area contributed by atoms with E-state index in [4.69, 9.17) is 4.42 Å². The Labute approximate surface area is 139 Å². The number of hydrogen-bond acceptors (Lipinski definition) is 5. The van der Waals surface area contributed by atoms with E-state index < -0.39 is 10.0 Å². The molecule has 0 saturated heterocycles. The molecule has 0 amide bonds. The second-order valence-electron chi connectivity index (χ2n) is 4.91. The molecular formula is C17H15N3O3S. The number of nitrogens with zero attached hydrogens (tertiary/aromatic N) is 2. The molecule has 0 aliphatic carbocycles. The Morgan fingerprint density at radius 1 is 1.04 bits per heavy atom. The third-order valence-electron chi connectivity index (χ3n) is 3.21. The minimum absolute atomic E-state index is 0.0192. The molecule has 24 heavy (non-hydrogen) atoms. The summed E-state index contributed by atoms with van der Waals surface area (Å²) in [5.74, 6) is 0.539. The molecule has 1 aromatic carbocycles. The number of sulfonamides is 1. The lowest BCUT2D eigenvalue weighted by atomic mass is 10.2. The predicted molar refractivity (Wildman–Crippen MR) is 91.0 cm³/mol. The lowest BCUT2D eigenvalue weighted by Gasteiger charge is -2.06. The summed E-state index contributed by atoms with van der Waals surface area (Å²) < 4.78 is 32.0. The number of benzene rings is 1. The van der Waals surface area contributed by atoms with Gasteiger partial charge in [0.25, 0.3) is 0 Å². The van der Waals surface area contributed by atoms with Crippen molar-refractivity contribution in [3.63, 3.8) is 0 Å². The first-order chi connectivity index (χ1) is 11.6. The Hall–Kier alpha value is -2.77. The second kappa shape index (κ2) is 7.20. The van der Waals surface area contributed by atoms with Gasteiger partial charge in [0.1, 0.15) is 5.69 Å². The molecular weight excluding hydrogens is 326 g/mol. The summed E-state index contributed by atoms with van der Waals surface area (Å²) in [5.41, 5.74) is 1.81. The SMILES string of the molecule is O=S(=O)(/C=C/c1ccccc1)NCc1nccnc1-c1ccco1. The van der Waals surface area contributed by atoms with Gasteiger partial charge in [-0.2, -0.15) is 0 Å². The van der Waals surface area contributed by atoms with Gasteiger partial charge in [-0.25, -0.2) is 18.1 Å². The van der Waals surface area contributed by atoms with E-state index in [1.807, 2.05) is 30.3 Å². The Balaban J connectivity index is 1.73. The van der Waals surface area contributed by atoms with Crippen molar-refractivity contribution in [2.45, 2.75) is 6.54 Å². The maximum absolute atomic E-state index is 12.1. The van der Waals surface area contributed by atoms with Crippen LogP contribution in [-0.4, -0.2) is 18.4 Å². The van der Waals surface area contributed by atoms with E-state index in [2.05, 4.69) is 14.7 Å². The maximum Gasteiger partial charge on any atom is 0.234 e. The van der Waals surface area contributed by atoms with Gasteiger partial charge in [-0.15, -0.1) is 0 Å². The van der Waals surface area contributed by atoms with E-state index in [1.165, 1.54) is 24.7 Å². The van der Waals surface area contributed by atoms with Crippen LogP contribution < -0.4 is 4.72 Å². The molecule has 1 N–H and O–H groups in total. The van der Waals surface area contributed by atoms with Crippen molar-refractivity contribution in [3.05, 3.63) is 77.8 Å². The third-order valence-corrected chi connectivity index (χ3v) is 4.25. The summed E-state index contributed by atoms with van der Waals surface area (Å²) in [5, 5.41) is 1.13. The van der Waals surface area contributed by atoms with Gasteiger partial charge in [0, 0.05) is 17.8 Å². The first kappa shape index (κ1) is 16.1. The number of hydrogen-bond donors (Lipinski definition) is 1. The van der Waals surface area contributed by atoms with Crippen LogP contribution in [0.25, 0.3) is 17.5 Å². The largest absolute Gasteiger partial charge is 0.463 e. The molecule has 0 spiro atoms. The van der Waals surface area contributed by atoms with Crippen LogP contribution in [0.5, 0.6) is 0 Å². The number of aromatic nitrogens is 2. The van der Waals surface area contributed by atoms with Gasteiger partial charge in [0.2, 0.25) is 10.0 Å². The van der Waals surface area contributed by atoms with Gasteiger partial charge in [-0.3, -0.25) is 4.98 Å². The monoisotopic (exact) mass is 341 g/mol. The molecule has 2 aromatic heterocycles. The molecule has 3 aromatic rings. The molecule has 0 fully saturated rings. The molecule has 0 radical (unpaired) electrons. The van der Waals surface area contributed by atoms with Gasteiger partial charge in [0.15, 0.2) is 5.76 Å². The topological polar surface area (TPSA) is 85.1 Å². The average molecular weight is 341 g/mol. The second-order valence-corrected chi connectivity index (χ2v) is 6.56. The van der Waals surface area contributed by atoms with E-state index in [9.17, 15) is 8.42 Å².